The molecule has 3 aromatic rings. The molecular formula is C19H21ClN6. The van der Waals surface area contributed by atoms with E-state index < -0.39 is 0 Å². The van der Waals surface area contributed by atoms with Crippen LogP contribution in [0.1, 0.15) is 37.3 Å². The molecule has 0 amide bonds. The molecule has 1 aromatic heterocycles. The smallest absolute Gasteiger partial charge is 0.232 e. The Labute approximate surface area is 157 Å². The third-order valence-corrected chi connectivity index (χ3v) is 4.21. The fourth-order valence-corrected chi connectivity index (χ4v) is 2.73. The third-order valence-electron chi connectivity index (χ3n) is 3.96. The van der Waals surface area contributed by atoms with Crippen molar-refractivity contribution in [1.29, 1.82) is 0 Å². The van der Waals surface area contributed by atoms with Crippen molar-refractivity contribution in [3.05, 3.63) is 71.0 Å². The summed E-state index contributed by atoms with van der Waals surface area (Å²) in [6.45, 7) is 4.07. The van der Waals surface area contributed by atoms with Crippen LogP contribution in [0, 0.1) is 0 Å². The summed E-state index contributed by atoms with van der Waals surface area (Å²) in [4.78, 5) is 12.9. The van der Waals surface area contributed by atoms with E-state index in [-0.39, 0.29) is 18.0 Å². The first-order chi connectivity index (χ1) is 12.5. The SMILES string of the molecule is C[C@H](N[C@H](C)c1ccc(Cl)cc1)c1nc(N)nc(Nc2ccccc2)n1. The van der Waals surface area contributed by atoms with Crippen LogP contribution in [0.3, 0.4) is 0 Å². The van der Waals surface area contributed by atoms with E-state index in [1.807, 2.05) is 61.5 Å². The van der Waals surface area contributed by atoms with Gasteiger partial charge in [-0.15, -0.1) is 0 Å². The van der Waals surface area contributed by atoms with Gasteiger partial charge >= 0.3 is 0 Å². The molecule has 4 N–H and O–H groups in total. The Morgan fingerprint density at radius 3 is 2.27 bits per heavy atom. The molecule has 2 aromatic carbocycles. The summed E-state index contributed by atoms with van der Waals surface area (Å²) < 4.78 is 0. The van der Waals surface area contributed by atoms with Crippen LogP contribution in [0.15, 0.2) is 54.6 Å². The summed E-state index contributed by atoms with van der Waals surface area (Å²) in [5.41, 5.74) is 7.88. The van der Waals surface area contributed by atoms with E-state index >= 15 is 0 Å². The predicted molar refractivity (Wildman–Crippen MR) is 105 cm³/mol. The molecule has 0 saturated heterocycles. The highest BCUT2D eigenvalue weighted by Crippen LogP contribution is 2.21. The Morgan fingerprint density at radius 2 is 1.58 bits per heavy atom. The molecule has 3 rings (SSSR count). The number of anilines is 3. The molecule has 1 heterocycles. The fourth-order valence-electron chi connectivity index (χ4n) is 2.61. The van der Waals surface area contributed by atoms with Crippen molar-refractivity contribution in [2.75, 3.05) is 11.1 Å². The van der Waals surface area contributed by atoms with Gasteiger partial charge in [0.05, 0.1) is 6.04 Å². The first-order valence-corrected chi connectivity index (χ1v) is 8.74. The topological polar surface area (TPSA) is 88.8 Å². The number of hydrogen-bond donors (Lipinski definition) is 3. The van der Waals surface area contributed by atoms with Crippen LogP contribution in [-0.2, 0) is 0 Å². The molecule has 0 aliphatic heterocycles. The highest BCUT2D eigenvalue weighted by molar-refractivity contribution is 6.30. The van der Waals surface area contributed by atoms with E-state index in [4.69, 9.17) is 17.3 Å². The Kier molecular flexibility index (Phi) is 5.65. The van der Waals surface area contributed by atoms with E-state index in [1.165, 1.54) is 0 Å². The first kappa shape index (κ1) is 18.1. The minimum atomic E-state index is -0.109. The zero-order valence-electron chi connectivity index (χ0n) is 14.6. The number of benzene rings is 2. The van der Waals surface area contributed by atoms with Crippen LogP contribution < -0.4 is 16.4 Å². The second kappa shape index (κ2) is 8.12. The van der Waals surface area contributed by atoms with Gasteiger partial charge in [-0.1, -0.05) is 41.9 Å². The molecule has 0 saturated carbocycles. The van der Waals surface area contributed by atoms with Crippen molar-refractivity contribution < 1.29 is 0 Å². The van der Waals surface area contributed by atoms with Gasteiger partial charge in [-0.25, -0.2) is 0 Å². The van der Waals surface area contributed by atoms with E-state index in [0.717, 1.165) is 16.3 Å². The van der Waals surface area contributed by atoms with Gasteiger partial charge in [0.25, 0.3) is 0 Å². The van der Waals surface area contributed by atoms with Gasteiger partial charge in [-0.05, 0) is 43.7 Å². The van der Waals surface area contributed by atoms with Crippen LogP contribution in [-0.4, -0.2) is 15.0 Å². The van der Waals surface area contributed by atoms with Crippen molar-refractivity contribution >= 4 is 29.2 Å². The van der Waals surface area contributed by atoms with Crippen molar-refractivity contribution in [1.82, 2.24) is 20.3 Å². The normalized spacial score (nSPS) is 13.2. The quantitative estimate of drug-likeness (QED) is 0.602. The number of nitrogens with two attached hydrogens (primary N) is 1. The number of rotatable bonds is 6. The molecule has 0 spiro atoms. The molecule has 0 fully saturated rings. The van der Waals surface area contributed by atoms with Crippen LogP contribution in [0.2, 0.25) is 5.02 Å². The summed E-state index contributed by atoms with van der Waals surface area (Å²) in [5.74, 6) is 1.18. The number of hydrogen-bond acceptors (Lipinski definition) is 6. The van der Waals surface area contributed by atoms with Crippen LogP contribution >= 0.6 is 11.6 Å². The molecule has 0 radical (unpaired) electrons. The molecule has 0 unspecified atom stereocenters. The zero-order valence-corrected chi connectivity index (χ0v) is 15.4. The fraction of sp³-hybridized carbons (Fsp3) is 0.211. The Balaban J connectivity index is 1.74. The summed E-state index contributed by atoms with van der Waals surface area (Å²) in [7, 11) is 0. The van der Waals surface area contributed by atoms with E-state index in [0.29, 0.717) is 11.8 Å². The summed E-state index contributed by atoms with van der Waals surface area (Å²) in [5, 5.41) is 7.34. The molecule has 26 heavy (non-hydrogen) atoms. The largest absolute Gasteiger partial charge is 0.368 e. The highest BCUT2D eigenvalue weighted by Gasteiger charge is 2.15. The Bertz CT molecular complexity index is 854. The standard InChI is InChI=1S/C19H21ClN6/c1-12(14-8-10-15(20)11-9-14)22-13(2)17-24-18(21)26-19(25-17)23-16-6-4-3-5-7-16/h3-13,22H,1-2H3,(H3,21,23,24,25,26)/t12-,13+/m1/s1. The number of nitrogen functional groups attached to an aromatic ring is 1. The lowest BCUT2D eigenvalue weighted by Gasteiger charge is -2.20. The maximum Gasteiger partial charge on any atom is 0.232 e. The summed E-state index contributed by atoms with van der Waals surface area (Å²) >= 11 is 5.95. The van der Waals surface area contributed by atoms with Crippen molar-refractivity contribution in [2.24, 2.45) is 0 Å². The van der Waals surface area contributed by atoms with Crippen molar-refractivity contribution in [3.8, 4) is 0 Å². The molecule has 134 valence electrons. The van der Waals surface area contributed by atoms with Crippen LogP contribution in [0.25, 0.3) is 0 Å². The Morgan fingerprint density at radius 1 is 0.885 bits per heavy atom. The highest BCUT2D eigenvalue weighted by atomic mass is 35.5. The van der Waals surface area contributed by atoms with E-state index in [2.05, 4.69) is 32.5 Å². The maximum atomic E-state index is 5.95. The van der Waals surface area contributed by atoms with Gasteiger partial charge in [-0.3, -0.25) is 0 Å². The van der Waals surface area contributed by atoms with E-state index in [1.54, 1.807) is 0 Å². The Hall–Kier alpha value is -2.70. The third kappa shape index (κ3) is 4.68. The maximum absolute atomic E-state index is 5.95. The average Bonchev–Trinajstić information content (AvgIpc) is 2.62. The summed E-state index contributed by atoms with van der Waals surface area (Å²) in [6, 6.07) is 17.4. The number of halogens is 1. The van der Waals surface area contributed by atoms with Crippen LogP contribution in [0.4, 0.5) is 17.6 Å². The van der Waals surface area contributed by atoms with Gasteiger partial charge in [-0.2, -0.15) is 15.0 Å². The number of para-hydroxylation sites is 1. The lowest BCUT2D eigenvalue weighted by molar-refractivity contribution is 0.476. The molecule has 7 heteroatoms. The van der Waals surface area contributed by atoms with Gasteiger partial charge in [0, 0.05) is 16.8 Å². The van der Waals surface area contributed by atoms with Crippen molar-refractivity contribution in [2.45, 2.75) is 25.9 Å². The van der Waals surface area contributed by atoms with Gasteiger partial charge in [0.15, 0.2) is 5.82 Å². The van der Waals surface area contributed by atoms with Gasteiger partial charge < -0.3 is 16.4 Å². The second-order valence-corrected chi connectivity index (χ2v) is 6.46. The van der Waals surface area contributed by atoms with Gasteiger partial charge in [0.2, 0.25) is 11.9 Å². The number of aromatic nitrogens is 3. The molecule has 0 aliphatic rings. The molecule has 0 aliphatic carbocycles. The van der Waals surface area contributed by atoms with Gasteiger partial charge in [0.1, 0.15) is 0 Å². The minimum absolute atomic E-state index is 0.103. The summed E-state index contributed by atoms with van der Waals surface area (Å²) in [6.07, 6.45) is 0. The molecule has 2 atom stereocenters. The minimum Gasteiger partial charge on any atom is -0.368 e. The molecule has 0 bridgehead atoms. The monoisotopic (exact) mass is 368 g/mol. The second-order valence-electron chi connectivity index (χ2n) is 6.03. The van der Waals surface area contributed by atoms with Crippen LogP contribution in [0.5, 0.6) is 0 Å². The lowest BCUT2D eigenvalue weighted by Crippen LogP contribution is -2.25. The number of nitrogens with zero attached hydrogens (tertiary/aromatic N) is 3. The lowest BCUT2D eigenvalue weighted by atomic mass is 10.1. The molecular weight excluding hydrogens is 348 g/mol. The average molecular weight is 369 g/mol. The number of nitrogens with one attached hydrogen (secondary N) is 2. The predicted octanol–water partition coefficient (Wildman–Crippen LogP) is 4.26. The zero-order chi connectivity index (χ0) is 18.5. The van der Waals surface area contributed by atoms with Crippen molar-refractivity contribution in [3.63, 3.8) is 0 Å². The van der Waals surface area contributed by atoms with E-state index in [9.17, 15) is 0 Å². The first-order valence-electron chi connectivity index (χ1n) is 8.36. The molecule has 6 nitrogen and oxygen atoms in total.